The van der Waals surface area contributed by atoms with Crippen LogP contribution in [-0.2, 0) is 14.3 Å². The normalized spacial score (nSPS) is 15.8. The molecule has 1 unspecified atom stereocenters. The first-order valence-corrected chi connectivity index (χ1v) is 12.8. The molecule has 1 N–H and O–H groups in total. The highest BCUT2D eigenvalue weighted by Gasteiger charge is 2.45. The number of methoxy groups -OCH3 is 1. The van der Waals surface area contributed by atoms with Crippen molar-refractivity contribution in [3.8, 4) is 16.2 Å². The van der Waals surface area contributed by atoms with Crippen LogP contribution < -0.4 is 9.64 Å². The van der Waals surface area contributed by atoms with E-state index in [-0.39, 0.29) is 23.7 Å². The lowest BCUT2D eigenvalue weighted by Crippen LogP contribution is -2.31. The highest BCUT2D eigenvalue weighted by atomic mass is 32.1. The predicted octanol–water partition coefficient (Wildman–Crippen LogP) is 6.26. The van der Waals surface area contributed by atoms with E-state index in [2.05, 4.69) is 19.1 Å². The molecule has 0 radical (unpaired) electrons. The average molecular weight is 506 g/mol. The minimum Gasteiger partial charge on any atom is -0.503 e. The Balaban J connectivity index is 1.78. The third-order valence-electron chi connectivity index (χ3n) is 6.03. The Kier molecular flexibility index (Phi) is 7.91. The summed E-state index contributed by atoms with van der Waals surface area (Å²) < 4.78 is 11.1. The number of anilines is 1. The van der Waals surface area contributed by atoms with E-state index in [0.29, 0.717) is 30.2 Å². The SMILES string of the molecule is COCCOc1ccccc1C1C(C(=O)CC(C)C)=C(O)C(=O)N1c1ccc(-c2ccc(C)s2)cc1. The van der Waals surface area contributed by atoms with Gasteiger partial charge in [-0.05, 0) is 48.7 Å². The number of thiophene rings is 1. The predicted molar refractivity (Wildman–Crippen MR) is 143 cm³/mol. The van der Waals surface area contributed by atoms with E-state index in [1.807, 2.05) is 56.3 Å². The first-order chi connectivity index (χ1) is 17.3. The molecule has 0 saturated carbocycles. The van der Waals surface area contributed by atoms with Gasteiger partial charge in [0, 0.05) is 34.5 Å². The lowest BCUT2D eigenvalue weighted by Gasteiger charge is -2.28. The Bertz CT molecular complexity index is 1270. The van der Waals surface area contributed by atoms with Crippen LogP contribution in [0.15, 0.2) is 72.0 Å². The standard InChI is InChI=1S/C29H31NO5S/c1-18(2)17-23(31)26-27(22-7-5-6-8-24(22)35-16-15-34-4)30(29(33)28(26)32)21-12-10-20(11-13-21)25-14-9-19(3)36-25/h5-14,18,27,32H,15-17H2,1-4H3. The van der Waals surface area contributed by atoms with Gasteiger partial charge in [0.1, 0.15) is 12.4 Å². The number of aryl methyl sites for hydroxylation is 1. The summed E-state index contributed by atoms with van der Waals surface area (Å²) in [4.78, 5) is 30.6. The van der Waals surface area contributed by atoms with E-state index in [1.165, 1.54) is 9.78 Å². The van der Waals surface area contributed by atoms with Crippen molar-refractivity contribution in [3.63, 3.8) is 0 Å². The lowest BCUT2D eigenvalue weighted by molar-refractivity contribution is -0.118. The smallest absolute Gasteiger partial charge is 0.294 e. The zero-order chi connectivity index (χ0) is 25.8. The molecule has 1 atom stereocenters. The number of amides is 1. The molecule has 36 heavy (non-hydrogen) atoms. The molecule has 6 nitrogen and oxygen atoms in total. The van der Waals surface area contributed by atoms with Crippen LogP contribution in [0.3, 0.4) is 0 Å². The third kappa shape index (κ3) is 5.22. The fraction of sp³-hybridized carbons (Fsp3) is 0.310. The summed E-state index contributed by atoms with van der Waals surface area (Å²) in [6, 6.07) is 18.3. The van der Waals surface area contributed by atoms with Crippen molar-refractivity contribution >= 4 is 28.7 Å². The second-order valence-corrected chi connectivity index (χ2v) is 10.5. The number of nitrogens with zero attached hydrogens (tertiary/aromatic N) is 1. The Hall–Kier alpha value is -3.42. The number of aliphatic hydroxyl groups is 1. The molecule has 0 spiro atoms. The van der Waals surface area contributed by atoms with Gasteiger partial charge >= 0.3 is 0 Å². The maximum Gasteiger partial charge on any atom is 0.294 e. The number of benzene rings is 2. The maximum absolute atomic E-state index is 13.4. The molecule has 0 aliphatic carbocycles. The number of carbonyl (C=O) groups is 2. The van der Waals surface area contributed by atoms with Crippen LogP contribution in [0, 0.1) is 12.8 Å². The summed E-state index contributed by atoms with van der Waals surface area (Å²) in [5.41, 5.74) is 2.37. The quantitative estimate of drug-likeness (QED) is 0.329. The molecule has 1 aliphatic heterocycles. The molecule has 1 aliphatic rings. The molecule has 2 aromatic carbocycles. The highest BCUT2D eigenvalue weighted by molar-refractivity contribution is 7.15. The van der Waals surface area contributed by atoms with Gasteiger partial charge in [-0.15, -0.1) is 11.3 Å². The van der Waals surface area contributed by atoms with Crippen molar-refractivity contribution in [1.82, 2.24) is 0 Å². The fourth-order valence-corrected chi connectivity index (χ4v) is 5.25. The van der Waals surface area contributed by atoms with Crippen LogP contribution in [0.4, 0.5) is 5.69 Å². The number of para-hydroxylation sites is 1. The minimum atomic E-state index is -0.808. The van der Waals surface area contributed by atoms with Crippen molar-refractivity contribution in [2.24, 2.45) is 5.92 Å². The molecule has 0 fully saturated rings. The molecule has 4 rings (SSSR count). The summed E-state index contributed by atoms with van der Waals surface area (Å²) in [6.45, 7) is 6.64. The van der Waals surface area contributed by atoms with E-state index in [0.717, 1.165) is 10.4 Å². The van der Waals surface area contributed by atoms with Crippen LogP contribution in [0.25, 0.3) is 10.4 Å². The van der Waals surface area contributed by atoms with Gasteiger partial charge in [0.05, 0.1) is 18.2 Å². The first-order valence-electron chi connectivity index (χ1n) is 12.0. The minimum absolute atomic E-state index is 0.0735. The van der Waals surface area contributed by atoms with E-state index in [1.54, 1.807) is 24.5 Å². The number of hydrogen-bond acceptors (Lipinski definition) is 6. The van der Waals surface area contributed by atoms with Gasteiger partial charge < -0.3 is 14.6 Å². The fourth-order valence-electron chi connectivity index (χ4n) is 4.38. The Labute approximate surface area is 215 Å². The molecular formula is C29H31NO5S. The number of hydrogen-bond donors (Lipinski definition) is 1. The number of Topliss-reactive ketones (excluding diaryl/α,β-unsaturated/α-hetero) is 1. The molecule has 188 valence electrons. The van der Waals surface area contributed by atoms with Crippen LogP contribution >= 0.6 is 11.3 Å². The topological polar surface area (TPSA) is 76.1 Å². The molecule has 7 heteroatoms. The van der Waals surface area contributed by atoms with Crippen molar-refractivity contribution in [1.29, 1.82) is 0 Å². The second-order valence-electron chi connectivity index (χ2n) is 9.20. The number of aliphatic hydroxyl groups excluding tert-OH is 1. The molecule has 0 bridgehead atoms. The third-order valence-corrected chi connectivity index (χ3v) is 7.08. The van der Waals surface area contributed by atoms with Gasteiger partial charge in [0.15, 0.2) is 11.5 Å². The molecular weight excluding hydrogens is 474 g/mol. The van der Waals surface area contributed by atoms with Gasteiger partial charge in [-0.2, -0.15) is 0 Å². The molecule has 1 amide bonds. The largest absolute Gasteiger partial charge is 0.503 e. The van der Waals surface area contributed by atoms with Crippen LogP contribution in [0.1, 0.15) is 36.8 Å². The molecule has 3 aromatic rings. The molecule has 1 aromatic heterocycles. The second kappa shape index (κ2) is 11.1. The molecule has 2 heterocycles. The monoisotopic (exact) mass is 505 g/mol. The summed E-state index contributed by atoms with van der Waals surface area (Å²) in [5.74, 6) is -0.744. The van der Waals surface area contributed by atoms with Crippen LogP contribution in [0.2, 0.25) is 0 Å². The Morgan fingerprint density at radius 3 is 2.42 bits per heavy atom. The van der Waals surface area contributed by atoms with E-state index >= 15 is 0 Å². The van der Waals surface area contributed by atoms with Gasteiger partial charge in [0.25, 0.3) is 5.91 Å². The number of ether oxygens (including phenoxy) is 2. The summed E-state index contributed by atoms with van der Waals surface area (Å²) in [7, 11) is 1.59. The zero-order valence-electron chi connectivity index (χ0n) is 21.0. The van der Waals surface area contributed by atoms with E-state index < -0.39 is 17.7 Å². The average Bonchev–Trinajstić information content (AvgIpc) is 3.40. The van der Waals surface area contributed by atoms with Gasteiger partial charge in [-0.3, -0.25) is 14.5 Å². The van der Waals surface area contributed by atoms with Crippen LogP contribution in [0.5, 0.6) is 5.75 Å². The summed E-state index contributed by atoms with van der Waals surface area (Å²) >= 11 is 1.70. The van der Waals surface area contributed by atoms with E-state index in [9.17, 15) is 14.7 Å². The lowest BCUT2D eigenvalue weighted by atomic mass is 9.91. The van der Waals surface area contributed by atoms with Gasteiger partial charge in [-0.25, -0.2) is 0 Å². The zero-order valence-corrected chi connectivity index (χ0v) is 21.8. The van der Waals surface area contributed by atoms with Gasteiger partial charge in [-0.1, -0.05) is 44.2 Å². The summed E-state index contributed by atoms with van der Waals surface area (Å²) in [5, 5.41) is 11.0. The van der Waals surface area contributed by atoms with E-state index in [4.69, 9.17) is 9.47 Å². The Morgan fingerprint density at radius 2 is 1.78 bits per heavy atom. The van der Waals surface area contributed by atoms with Gasteiger partial charge in [0.2, 0.25) is 0 Å². The maximum atomic E-state index is 13.4. The van der Waals surface area contributed by atoms with Crippen molar-refractivity contribution in [3.05, 3.63) is 82.4 Å². The van der Waals surface area contributed by atoms with Crippen molar-refractivity contribution in [2.75, 3.05) is 25.2 Å². The molecule has 0 saturated heterocycles. The number of carbonyl (C=O) groups excluding carboxylic acids is 2. The summed E-state index contributed by atoms with van der Waals surface area (Å²) in [6.07, 6.45) is 0.223. The number of ketones is 1. The Morgan fingerprint density at radius 1 is 1.06 bits per heavy atom. The number of rotatable bonds is 10. The van der Waals surface area contributed by atoms with Crippen molar-refractivity contribution < 1.29 is 24.2 Å². The van der Waals surface area contributed by atoms with Crippen LogP contribution in [-0.4, -0.2) is 37.1 Å². The van der Waals surface area contributed by atoms with Crippen molar-refractivity contribution in [2.45, 2.75) is 33.2 Å². The highest BCUT2D eigenvalue weighted by Crippen LogP contribution is 2.45. The first kappa shape index (κ1) is 25.7.